The molecule has 2 saturated heterocycles. The maximum absolute atomic E-state index is 13.3. The monoisotopic (exact) mass is 416 g/mol. The van der Waals surface area contributed by atoms with E-state index in [9.17, 15) is 14.0 Å². The molecular weight excluding hydrogens is 387 g/mol. The van der Waals surface area contributed by atoms with E-state index in [-0.39, 0.29) is 18.1 Å². The van der Waals surface area contributed by atoms with Gasteiger partial charge in [0.15, 0.2) is 0 Å². The number of carbonyl (C=O) groups is 2. The largest absolute Gasteiger partial charge is 0.368 e. The van der Waals surface area contributed by atoms with Crippen LogP contribution in [0.3, 0.4) is 0 Å². The predicted octanol–water partition coefficient (Wildman–Crippen LogP) is 0.484. The van der Waals surface area contributed by atoms with Gasteiger partial charge in [-0.3, -0.25) is 19.5 Å². The minimum atomic E-state index is -0.742. The van der Waals surface area contributed by atoms with Crippen LogP contribution in [0.5, 0.6) is 0 Å². The molecule has 2 unspecified atom stereocenters. The van der Waals surface area contributed by atoms with Crippen molar-refractivity contribution in [2.75, 3.05) is 51.3 Å². The second-order valence-corrected chi connectivity index (χ2v) is 8.38. The van der Waals surface area contributed by atoms with E-state index in [1.807, 2.05) is 4.90 Å². The molecule has 0 spiro atoms. The molecule has 0 radical (unpaired) electrons. The summed E-state index contributed by atoms with van der Waals surface area (Å²) in [6, 6.07) is 5.46. The highest BCUT2D eigenvalue weighted by atomic mass is 19.1. The molecule has 30 heavy (non-hydrogen) atoms. The van der Waals surface area contributed by atoms with Gasteiger partial charge in [0.2, 0.25) is 5.91 Å². The van der Waals surface area contributed by atoms with E-state index in [0.29, 0.717) is 30.5 Å². The summed E-state index contributed by atoms with van der Waals surface area (Å²) in [6.07, 6.45) is 2.59. The number of rotatable bonds is 4. The second-order valence-electron chi connectivity index (χ2n) is 8.38. The van der Waals surface area contributed by atoms with Crippen molar-refractivity contribution in [3.63, 3.8) is 0 Å². The Labute approximate surface area is 176 Å². The number of anilines is 1. The van der Waals surface area contributed by atoms with E-state index in [1.54, 1.807) is 0 Å². The van der Waals surface area contributed by atoms with E-state index in [0.717, 1.165) is 26.2 Å². The zero-order valence-electron chi connectivity index (χ0n) is 17.3. The van der Waals surface area contributed by atoms with Crippen LogP contribution >= 0.6 is 0 Å². The lowest BCUT2D eigenvalue weighted by molar-refractivity contribution is -0.126. The fourth-order valence-electron chi connectivity index (χ4n) is 4.60. The van der Waals surface area contributed by atoms with Gasteiger partial charge in [0.1, 0.15) is 17.6 Å². The number of likely N-dealkylation sites (tertiary alicyclic amines) is 1. The summed E-state index contributed by atoms with van der Waals surface area (Å²) in [6.45, 7) is 5.22. The molecular formula is C21H29FN6O2. The van der Waals surface area contributed by atoms with E-state index >= 15 is 0 Å². The van der Waals surface area contributed by atoms with Crippen LogP contribution < -0.4 is 10.7 Å². The van der Waals surface area contributed by atoms with Gasteiger partial charge in [-0.1, -0.05) is 0 Å². The number of hydrogen-bond donors (Lipinski definition) is 1. The lowest BCUT2D eigenvalue weighted by atomic mass is 10.0. The van der Waals surface area contributed by atoms with Crippen molar-refractivity contribution >= 4 is 23.2 Å². The summed E-state index contributed by atoms with van der Waals surface area (Å²) >= 11 is 0. The summed E-state index contributed by atoms with van der Waals surface area (Å²) in [5.74, 6) is -1.08. The van der Waals surface area contributed by atoms with Gasteiger partial charge in [-0.05, 0) is 50.7 Å². The number of likely N-dealkylation sites (N-methyl/N-ethyl adjacent to an activating group) is 1. The Morgan fingerprint density at radius 2 is 1.80 bits per heavy atom. The number of nitrogens with two attached hydrogens (primary N) is 1. The predicted molar refractivity (Wildman–Crippen MR) is 113 cm³/mol. The number of halogens is 1. The van der Waals surface area contributed by atoms with Gasteiger partial charge >= 0.3 is 0 Å². The van der Waals surface area contributed by atoms with Gasteiger partial charge < -0.3 is 15.5 Å². The van der Waals surface area contributed by atoms with Crippen molar-refractivity contribution in [2.24, 2.45) is 10.8 Å². The SMILES string of the molecule is CN1CCCC(N2CCN(C(=O)C3=NN(c4ccc(F)cc4)C(C(N)=O)C3)CC2)C1. The Bertz CT molecular complexity index is 821. The fraction of sp³-hybridized carbons (Fsp3) is 0.571. The molecule has 3 aliphatic heterocycles. The molecule has 0 aliphatic carbocycles. The third-order valence-electron chi connectivity index (χ3n) is 6.29. The minimum absolute atomic E-state index is 0.147. The van der Waals surface area contributed by atoms with Crippen molar-refractivity contribution in [3.8, 4) is 0 Å². The molecule has 3 heterocycles. The van der Waals surface area contributed by atoms with E-state index in [4.69, 9.17) is 5.73 Å². The first kappa shape index (κ1) is 20.7. The Kier molecular flexibility index (Phi) is 6.01. The summed E-state index contributed by atoms with van der Waals surface area (Å²) < 4.78 is 13.3. The van der Waals surface area contributed by atoms with Crippen LogP contribution in [0.25, 0.3) is 0 Å². The first-order valence-electron chi connectivity index (χ1n) is 10.6. The fourth-order valence-corrected chi connectivity index (χ4v) is 4.60. The van der Waals surface area contributed by atoms with Crippen LogP contribution in [0.2, 0.25) is 0 Å². The maximum Gasteiger partial charge on any atom is 0.270 e. The van der Waals surface area contributed by atoms with Crippen molar-refractivity contribution in [1.29, 1.82) is 0 Å². The van der Waals surface area contributed by atoms with Gasteiger partial charge in [-0.25, -0.2) is 4.39 Å². The molecule has 162 valence electrons. The van der Waals surface area contributed by atoms with Crippen LogP contribution in [-0.4, -0.2) is 90.6 Å². The molecule has 8 nitrogen and oxygen atoms in total. The Morgan fingerprint density at radius 1 is 1.10 bits per heavy atom. The van der Waals surface area contributed by atoms with Crippen molar-refractivity contribution in [3.05, 3.63) is 30.1 Å². The van der Waals surface area contributed by atoms with E-state index in [1.165, 1.54) is 42.1 Å². The number of primary amides is 1. The van der Waals surface area contributed by atoms with E-state index < -0.39 is 11.9 Å². The average molecular weight is 417 g/mol. The number of nitrogens with zero attached hydrogens (tertiary/aromatic N) is 5. The van der Waals surface area contributed by atoms with Crippen LogP contribution in [0.4, 0.5) is 10.1 Å². The smallest absolute Gasteiger partial charge is 0.270 e. The molecule has 2 fully saturated rings. The maximum atomic E-state index is 13.3. The number of piperidine rings is 1. The molecule has 0 bridgehead atoms. The zero-order valence-corrected chi connectivity index (χ0v) is 17.3. The number of hydrazone groups is 1. The Morgan fingerprint density at radius 3 is 2.43 bits per heavy atom. The van der Waals surface area contributed by atoms with Gasteiger partial charge in [-0.15, -0.1) is 0 Å². The Hall–Kier alpha value is -2.52. The highest BCUT2D eigenvalue weighted by Gasteiger charge is 2.37. The van der Waals surface area contributed by atoms with Gasteiger partial charge in [-0.2, -0.15) is 5.10 Å². The summed E-state index contributed by atoms with van der Waals surface area (Å²) in [7, 11) is 2.16. The quantitative estimate of drug-likeness (QED) is 0.772. The van der Waals surface area contributed by atoms with Crippen molar-refractivity contribution < 1.29 is 14.0 Å². The standard InChI is InChI=1S/C21H29FN6O2/c1-25-8-2-3-17(14-25)26-9-11-27(12-10-26)21(30)18-13-19(20(23)29)28(24-18)16-6-4-15(22)5-7-16/h4-7,17,19H,2-3,8-14H2,1H3,(H2,23,29). The normalized spacial score (nSPS) is 26.0. The molecule has 1 aromatic rings. The van der Waals surface area contributed by atoms with Crippen molar-refractivity contribution in [2.45, 2.75) is 31.3 Å². The molecule has 9 heteroatoms. The summed E-state index contributed by atoms with van der Waals surface area (Å²) in [4.78, 5) is 31.7. The van der Waals surface area contributed by atoms with Crippen molar-refractivity contribution in [1.82, 2.24) is 14.7 Å². The Balaban J connectivity index is 1.41. The van der Waals surface area contributed by atoms with Crippen LogP contribution in [0.15, 0.2) is 29.4 Å². The summed E-state index contributed by atoms with van der Waals surface area (Å²) in [5.41, 5.74) is 6.41. The molecule has 1 aromatic carbocycles. The zero-order chi connectivity index (χ0) is 21.3. The summed E-state index contributed by atoms with van der Waals surface area (Å²) in [5, 5.41) is 5.83. The first-order chi connectivity index (χ1) is 14.4. The minimum Gasteiger partial charge on any atom is -0.368 e. The van der Waals surface area contributed by atoms with Crippen LogP contribution in [0.1, 0.15) is 19.3 Å². The second kappa shape index (κ2) is 8.69. The number of hydrogen-bond acceptors (Lipinski definition) is 6. The molecule has 2 amide bonds. The highest BCUT2D eigenvalue weighted by molar-refractivity contribution is 6.40. The third-order valence-corrected chi connectivity index (χ3v) is 6.29. The molecule has 0 saturated carbocycles. The lowest BCUT2D eigenvalue weighted by Crippen LogP contribution is -2.56. The topological polar surface area (TPSA) is 85.5 Å². The van der Waals surface area contributed by atoms with Gasteiger partial charge in [0.05, 0.1) is 5.69 Å². The van der Waals surface area contributed by atoms with Gasteiger partial charge in [0, 0.05) is 45.2 Å². The van der Waals surface area contributed by atoms with Crippen LogP contribution in [-0.2, 0) is 9.59 Å². The molecule has 2 N–H and O–H groups in total. The molecule has 0 aromatic heterocycles. The molecule has 2 atom stereocenters. The average Bonchev–Trinajstić information content (AvgIpc) is 3.20. The number of piperazine rings is 1. The lowest BCUT2D eigenvalue weighted by Gasteiger charge is -2.42. The van der Waals surface area contributed by atoms with Crippen LogP contribution in [0, 0.1) is 5.82 Å². The van der Waals surface area contributed by atoms with E-state index in [2.05, 4.69) is 21.9 Å². The van der Waals surface area contributed by atoms with Gasteiger partial charge in [0.25, 0.3) is 5.91 Å². The molecule has 4 rings (SSSR count). The first-order valence-corrected chi connectivity index (χ1v) is 10.6. The number of amides is 2. The molecule has 3 aliphatic rings. The number of carbonyl (C=O) groups excluding carboxylic acids is 2. The number of benzene rings is 1. The third kappa shape index (κ3) is 4.32. The highest BCUT2D eigenvalue weighted by Crippen LogP contribution is 2.26.